The molecule has 2 rings (SSSR count). The van der Waals surface area contributed by atoms with Gasteiger partial charge >= 0.3 is 0 Å². The van der Waals surface area contributed by atoms with Crippen LogP contribution in [0.15, 0.2) is 0 Å². The Balaban J connectivity index is 1.68. The minimum atomic E-state index is 0.477. The molecule has 3 radical (unpaired) electrons. The second kappa shape index (κ2) is 11.7. The van der Waals surface area contributed by atoms with E-state index in [1.54, 1.807) is 0 Å². The highest BCUT2D eigenvalue weighted by Gasteiger charge is 2.25. The maximum atomic E-state index is 2.57. The van der Waals surface area contributed by atoms with Crippen molar-refractivity contribution in [3.05, 3.63) is 0 Å². The molecule has 0 nitrogen and oxygen atoms in total. The zero-order valence-corrected chi connectivity index (χ0v) is 15.8. The van der Waals surface area contributed by atoms with Gasteiger partial charge in [0.15, 0.2) is 0 Å². The average Bonchev–Trinajstić information content (AvgIpc) is 2.58. The topological polar surface area (TPSA) is 0 Å². The van der Waals surface area contributed by atoms with Gasteiger partial charge in [-0.3, -0.25) is 0 Å². The SMILES string of the molecule is CC1([B][B][B]C2CCCCCCCCCC2)CCCCCCC1. The molecule has 3 heteroatoms. The molecule has 0 spiro atoms. The predicted octanol–water partition coefficient (Wildman–Crippen LogP) is 6.56. The summed E-state index contributed by atoms with van der Waals surface area (Å²) >= 11 is 0. The smallest absolute Gasteiger partial charge is 0.0635 e. The van der Waals surface area contributed by atoms with E-state index < -0.39 is 0 Å². The molecule has 0 bridgehead atoms. The molecule has 2 fully saturated rings. The molecule has 0 aliphatic heterocycles. The fourth-order valence-corrected chi connectivity index (χ4v) is 4.54. The largest absolute Gasteiger partial charge is 0.0782 e. The van der Waals surface area contributed by atoms with Crippen LogP contribution >= 0.6 is 0 Å². The summed E-state index contributed by atoms with van der Waals surface area (Å²) < 4.78 is 0. The Bertz CT molecular complexity index is 273. The summed E-state index contributed by atoms with van der Waals surface area (Å²) in [6, 6.07) is 0. The van der Waals surface area contributed by atoms with Gasteiger partial charge in [-0.15, -0.1) is 0 Å². The van der Waals surface area contributed by atoms with Crippen LogP contribution in [0, 0.1) is 0 Å². The summed E-state index contributed by atoms with van der Waals surface area (Å²) in [6.07, 6.45) is 24.6. The minimum absolute atomic E-state index is 0.477. The van der Waals surface area contributed by atoms with Crippen molar-refractivity contribution >= 4 is 21.4 Å². The first kappa shape index (κ1) is 19.5. The number of hydrogen-bond donors (Lipinski definition) is 0. The lowest BCUT2D eigenvalue weighted by Crippen LogP contribution is -2.28. The van der Waals surface area contributed by atoms with Gasteiger partial charge in [0, 0.05) is 7.06 Å². The van der Waals surface area contributed by atoms with Crippen molar-refractivity contribution in [1.82, 2.24) is 0 Å². The lowest BCUT2D eigenvalue weighted by molar-refractivity contribution is 0.419. The van der Waals surface area contributed by atoms with Crippen LogP contribution in [-0.2, 0) is 0 Å². The van der Waals surface area contributed by atoms with Crippen LogP contribution in [0.5, 0.6) is 0 Å². The van der Waals surface area contributed by atoms with Crippen molar-refractivity contribution in [3.63, 3.8) is 0 Å². The van der Waals surface area contributed by atoms with E-state index in [0.717, 1.165) is 5.82 Å². The summed E-state index contributed by atoms with van der Waals surface area (Å²) in [5.74, 6) is 0.849. The maximum Gasteiger partial charge on any atom is 0.0635 e. The first-order valence-corrected chi connectivity index (χ1v) is 10.8. The fraction of sp³-hybridized carbons (Fsp3) is 1.00. The Kier molecular flexibility index (Phi) is 9.93. The van der Waals surface area contributed by atoms with E-state index in [2.05, 4.69) is 28.3 Å². The molecular weight excluding hydrogens is 273 g/mol. The predicted molar refractivity (Wildman–Crippen MR) is 108 cm³/mol. The van der Waals surface area contributed by atoms with E-state index in [0.29, 0.717) is 5.31 Å². The van der Waals surface area contributed by atoms with Gasteiger partial charge in [-0.2, -0.15) is 0 Å². The monoisotopic (exact) mass is 311 g/mol. The number of rotatable bonds is 4. The van der Waals surface area contributed by atoms with Crippen LogP contribution in [0.25, 0.3) is 0 Å². The van der Waals surface area contributed by atoms with Crippen molar-refractivity contribution in [3.8, 4) is 0 Å². The highest BCUT2D eigenvalue weighted by atomic mass is 14.2. The van der Waals surface area contributed by atoms with E-state index in [4.69, 9.17) is 0 Å². The third kappa shape index (κ3) is 8.73. The number of hydrogen-bond acceptors (Lipinski definition) is 0. The average molecular weight is 311 g/mol. The third-order valence-electron chi connectivity index (χ3n) is 6.28. The van der Waals surface area contributed by atoms with Gasteiger partial charge in [0.1, 0.15) is 0 Å². The van der Waals surface area contributed by atoms with E-state index in [-0.39, 0.29) is 0 Å². The molecule has 0 N–H and O–H groups in total. The van der Waals surface area contributed by atoms with Crippen molar-refractivity contribution in [1.29, 1.82) is 0 Å². The van der Waals surface area contributed by atoms with Gasteiger partial charge in [-0.25, -0.2) is 0 Å². The molecule has 0 aromatic carbocycles. The van der Waals surface area contributed by atoms with Crippen molar-refractivity contribution in [2.24, 2.45) is 0 Å². The van der Waals surface area contributed by atoms with E-state index in [1.165, 1.54) is 109 Å². The van der Waals surface area contributed by atoms with Crippen LogP contribution in [0.3, 0.4) is 0 Å². The van der Waals surface area contributed by atoms with Crippen LogP contribution in [0.1, 0.15) is 116 Å². The lowest BCUT2D eigenvalue weighted by atomic mass is 9.11. The molecule has 2 aliphatic rings. The molecular formula is C20H38B3. The standard InChI is InChI=1S/C20H38B3/c1-20(17-13-9-6-10-14-18-20)22-23-21-19-15-11-7-4-2-3-5-8-12-16-19/h19H,2-18H2,1H3. The van der Waals surface area contributed by atoms with Crippen LogP contribution in [0.2, 0.25) is 11.1 Å². The van der Waals surface area contributed by atoms with Gasteiger partial charge < -0.3 is 0 Å². The van der Waals surface area contributed by atoms with Crippen molar-refractivity contribution in [2.45, 2.75) is 127 Å². The second-order valence-electron chi connectivity index (χ2n) is 8.64. The van der Waals surface area contributed by atoms with Gasteiger partial charge in [0.2, 0.25) is 0 Å². The van der Waals surface area contributed by atoms with Gasteiger partial charge in [-0.05, 0) is 0 Å². The summed E-state index contributed by atoms with van der Waals surface area (Å²) in [7, 11) is 7.61. The van der Waals surface area contributed by atoms with Gasteiger partial charge in [0.25, 0.3) is 0 Å². The highest BCUT2D eigenvalue weighted by Crippen LogP contribution is 2.39. The summed E-state index contributed by atoms with van der Waals surface area (Å²) in [5.41, 5.74) is 0. The van der Waals surface area contributed by atoms with Crippen molar-refractivity contribution < 1.29 is 0 Å². The Labute approximate surface area is 149 Å². The fourth-order valence-electron chi connectivity index (χ4n) is 4.54. The first-order valence-electron chi connectivity index (χ1n) is 10.8. The second-order valence-corrected chi connectivity index (χ2v) is 8.64. The molecule has 0 atom stereocenters. The minimum Gasteiger partial charge on any atom is -0.0782 e. The zero-order chi connectivity index (χ0) is 16.2. The normalized spacial score (nSPS) is 25.4. The summed E-state index contributed by atoms with van der Waals surface area (Å²) in [5, 5.41) is 0.477. The van der Waals surface area contributed by atoms with Crippen LogP contribution in [0.4, 0.5) is 0 Å². The molecule has 2 aliphatic carbocycles. The highest BCUT2D eigenvalue weighted by molar-refractivity contribution is 7.30. The van der Waals surface area contributed by atoms with Crippen molar-refractivity contribution in [2.75, 3.05) is 0 Å². The molecule has 0 unspecified atom stereocenters. The van der Waals surface area contributed by atoms with Crippen LogP contribution < -0.4 is 0 Å². The Morgan fingerprint density at radius 1 is 0.609 bits per heavy atom. The van der Waals surface area contributed by atoms with Gasteiger partial charge in [0.05, 0.1) is 14.3 Å². The maximum absolute atomic E-state index is 2.57. The molecule has 0 saturated heterocycles. The van der Waals surface area contributed by atoms with E-state index in [1.807, 2.05) is 0 Å². The molecule has 0 aromatic heterocycles. The van der Waals surface area contributed by atoms with Crippen LogP contribution in [-0.4, -0.2) is 21.4 Å². The Morgan fingerprint density at radius 3 is 1.57 bits per heavy atom. The molecule has 127 valence electrons. The summed E-state index contributed by atoms with van der Waals surface area (Å²) in [4.78, 5) is 0. The van der Waals surface area contributed by atoms with Gasteiger partial charge in [-0.1, -0.05) is 127 Å². The lowest BCUT2D eigenvalue weighted by Gasteiger charge is -2.32. The summed E-state index contributed by atoms with van der Waals surface area (Å²) in [6.45, 7) is 2.50. The first-order chi connectivity index (χ1) is 11.3. The molecule has 0 heterocycles. The quantitative estimate of drug-likeness (QED) is 0.516. The molecule has 0 amide bonds. The van der Waals surface area contributed by atoms with E-state index >= 15 is 0 Å². The Hall–Kier alpha value is 0.195. The zero-order valence-electron chi connectivity index (χ0n) is 15.8. The Morgan fingerprint density at radius 2 is 1.04 bits per heavy atom. The van der Waals surface area contributed by atoms with E-state index in [9.17, 15) is 0 Å². The molecule has 0 aromatic rings. The molecule has 23 heavy (non-hydrogen) atoms. The molecule has 2 saturated carbocycles. The third-order valence-corrected chi connectivity index (χ3v) is 6.28.